The second-order valence-corrected chi connectivity index (χ2v) is 6.12. The monoisotopic (exact) mass is 282 g/mol. The van der Waals surface area contributed by atoms with Gasteiger partial charge in [-0.3, -0.25) is 9.59 Å². The summed E-state index contributed by atoms with van der Waals surface area (Å²) >= 11 is 0. The lowest BCUT2D eigenvalue weighted by Gasteiger charge is -2.25. The Morgan fingerprint density at radius 3 is 2.80 bits per heavy atom. The van der Waals surface area contributed by atoms with Crippen molar-refractivity contribution in [1.29, 1.82) is 0 Å². The highest BCUT2D eigenvalue weighted by Crippen LogP contribution is 2.55. The first-order chi connectivity index (χ1) is 9.47. The standard InChI is InChI=1S/C14H18O6/c1-6(2)13(16)18-5-10(15)19-11-7-3-8-9(4-7)14(17)20-12(8)11/h6-9,11-12H,3-5H2,1-2H3/t7?,8?,9?,11-,12?/m0/s1. The Kier molecular flexibility index (Phi) is 3.18. The maximum absolute atomic E-state index is 11.7. The lowest BCUT2D eigenvalue weighted by molar-refractivity contribution is -0.170. The van der Waals surface area contributed by atoms with Crippen LogP contribution in [0.5, 0.6) is 0 Å². The van der Waals surface area contributed by atoms with E-state index in [1.54, 1.807) is 13.8 Å². The van der Waals surface area contributed by atoms with Crippen LogP contribution in [0.4, 0.5) is 0 Å². The van der Waals surface area contributed by atoms with Gasteiger partial charge in [0, 0.05) is 11.8 Å². The smallest absolute Gasteiger partial charge is 0.344 e. The third-order valence-corrected chi connectivity index (χ3v) is 4.49. The van der Waals surface area contributed by atoms with Crippen LogP contribution in [0.3, 0.4) is 0 Å². The normalized spacial score (nSPS) is 37.1. The fourth-order valence-corrected chi connectivity index (χ4v) is 3.55. The van der Waals surface area contributed by atoms with Crippen molar-refractivity contribution in [3.8, 4) is 0 Å². The third kappa shape index (κ3) is 2.07. The number of fused-ring (bicyclic) bond motifs is 1. The minimum absolute atomic E-state index is 0.00118. The topological polar surface area (TPSA) is 78.9 Å². The number of hydrogen-bond acceptors (Lipinski definition) is 6. The fraction of sp³-hybridized carbons (Fsp3) is 0.786. The summed E-state index contributed by atoms with van der Waals surface area (Å²) in [6.45, 7) is 3.01. The number of carbonyl (C=O) groups is 3. The molecule has 6 heteroatoms. The van der Waals surface area contributed by atoms with E-state index >= 15 is 0 Å². The fourth-order valence-electron chi connectivity index (χ4n) is 3.55. The highest BCUT2D eigenvalue weighted by atomic mass is 16.6. The van der Waals surface area contributed by atoms with Gasteiger partial charge >= 0.3 is 17.9 Å². The Morgan fingerprint density at radius 1 is 1.35 bits per heavy atom. The van der Waals surface area contributed by atoms with Crippen LogP contribution in [0.2, 0.25) is 0 Å². The van der Waals surface area contributed by atoms with E-state index in [1.165, 1.54) is 0 Å². The van der Waals surface area contributed by atoms with Crippen LogP contribution in [0, 0.1) is 23.7 Å². The molecule has 0 N–H and O–H groups in total. The summed E-state index contributed by atoms with van der Waals surface area (Å²) in [5.74, 6) is -1.04. The molecule has 0 spiro atoms. The average Bonchev–Trinajstić information content (AvgIpc) is 3.00. The Bertz CT molecular complexity index is 457. The van der Waals surface area contributed by atoms with Crippen LogP contribution in [-0.4, -0.2) is 36.7 Å². The van der Waals surface area contributed by atoms with Crippen molar-refractivity contribution in [2.45, 2.75) is 38.9 Å². The third-order valence-electron chi connectivity index (χ3n) is 4.49. The van der Waals surface area contributed by atoms with Crippen LogP contribution in [-0.2, 0) is 28.6 Å². The molecule has 1 saturated heterocycles. The molecule has 3 aliphatic rings. The molecule has 2 aliphatic carbocycles. The van der Waals surface area contributed by atoms with Gasteiger partial charge in [-0.15, -0.1) is 0 Å². The van der Waals surface area contributed by atoms with E-state index in [2.05, 4.69) is 0 Å². The lowest BCUT2D eigenvalue weighted by Crippen LogP contribution is -2.37. The molecule has 2 bridgehead atoms. The SMILES string of the molecule is CC(C)C(=O)OCC(=O)O[C@H]1C2CC3C(=O)OC1C3C2. The molecule has 0 aromatic rings. The molecular weight excluding hydrogens is 264 g/mol. The lowest BCUT2D eigenvalue weighted by atomic mass is 9.88. The van der Waals surface area contributed by atoms with Gasteiger partial charge in [-0.25, -0.2) is 4.79 Å². The van der Waals surface area contributed by atoms with Crippen molar-refractivity contribution in [3.05, 3.63) is 0 Å². The van der Waals surface area contributed by atoms with Gasteiger partial charge in [0.2, 0.25) is 0 Å². The van der Waals surface area contributed by atoms with Gasteiger partial charge in [-0.1, -0.05) is 13.8 Å². The number of ether oxygens (including phenoxy) is 3. The molecule has 0 radical (unpaired) electrons. The van der Waals surface area contributed by atoms with Crippen LogP contribution in [0.1, 0.15) is 26.7 Å². The highest BCUT2D eigenvalue weighted by molar-refractivity contribution is 5.78. The molecule has 5 atom stereocenters. The zero-order chi connectivity index (χ0) is 14.4. The van der Waals surface area contributed by atoms with E-state index in [-0.39, 0.29) is 48.5 Å². The maximum Gasteiger partial charge on any atom is 0.344 e. The Hall–Kier alpha value is -1.59. The first-order valence-electron chi connectivity index (χ1n) is 7.04. The summed E-state index contributed by atoms with van der Waals surface area (Å²) < 4.78 is 15.5. The first-order valence-corrected chi connectivity index (χ1v) is 7.04. The summed E-state index contributed by atoms with van der Waals surface area (Å²) in [7, 11) is 0. The Labute approximate surface area is 116 Å². The van der Waals surface area contributed by atoms with Crippen molar-refractivity contribution in [3.63, 3.8) is 0 Å². The molecular formula is C14H18O6. The van der Waals surface area contributed by atoms with Crippen molar-refractivity contribution in [1.82, 2.24) is 0 Å². The summed E-state index contributed by atoms with van der Waals surface area (Å²) in [6.07, 6.45) is 0.957. The molecule has 1 aliphatic heterocycles. The second kappa shape index (κ2) is 4.75. The van der Waals surface area contributed by atoms with Crippen molar-refractivity contribution >= 4 is 17.9 Å². The van der Waals surface area contributed by atoms with E-state index < -0.39 is 11.9 Å². The summed E-state index contributed by atoms with van der Waals surface area (Å²) in [5.41, 5.74) is 0. The van der Waals surface area contributed by atoms with E-state index in [9.17, 15) is 14.4 Å². The molecule has 110 valence electrons. The van der Waals surface area contributed by atoms with E-state index in [1.807, 2.05) is 0 Å². The molecule has 20 heavy (non-hydrogen) atoms. The van der Waals surface area contributed by atoms with Gasteiger partial charge in [0.15, 0.2) is 6.61 Å². The van der Waals surface area contributed by atoms with E-state index in [0.717, 1.165) is 12.8 Å². The second-order valence-electron chi connectivity index (χ2n) is 6.12. The first kappa shape index (κ1) is 13.4. The molecule has 0 aromatic carbocycles. The van der Waals surface area contributed by atoms with Crippen molar-refractivity contribution in [2.24, 2.45) is 23.7 Å². The van der Waals surface area contributed by atoms with Crippen LogP contribution in [0.15, 0.2) is 0 Å². The predicted molar refractivity (Wildman–Crippen MR) is 65.3 cm³/mol. The van der Waals surface area contributed by atoms with Gasteiger partial charge in [0.05, 0.1) is 11.8 Å². The van der Waals surface area contributed by atoms with E-state index in [4.69, 9.17) is 14.2 Å². The van der Waals surface area contributed by atoms with Crippen LogP contribution < -0.4 is 0 Å². The molecule has 6 nitrogen and oxygen atoms in total. The highest BCUT2D eigenvalue weighted by Gasteiger charge is 2.63. The minimum Gasteiger partial charge on any atom is -0.458 e. The van der Waals surface area contributed by atoms with Crippen LogP contribution in [0.25, 0.3) is 0 Å². The average molecular weight is 282 g/mol. The molecule has 4 unspecified atom stereocenters. The van der Waals surface area contributed by atoms with E-state index in [0.29, 0.717) is 0 Å². The van der Waals surface area contributed by atoms with Gasteiger partial charge in [-0.2, -0.15) is 0 Å². The van der Waals surface area contributed by atoms with Gasteiger partial charge < -0.3 is 14.2 Å². The predicted octanol–water partition coefficient (Wildman–Crippen LogP) is 0.679. The number of hydrogen-bond donors (Lipinski definition) is 0. The summed E-state index contributed by atoms with van der Waals surface area (Å²) in [5, 5.41) is 0. The summed E-state index contributed by atoms with van der Waals surface area (Å²) in [6, 6.07) is 0. The Balaban J connectivity index is 1.53. The van der Waals surface area contributed by atoms with Crippen molar-refractivity contribution < 1.29 is 28.6 Å². The zero-order valence-corrected chi connectivity index (χ0v) is 11.5. The largest absolute Gasteiger partial charge is 0.458 e. The zero-order valence-electron chi connectivity index (χ0n) is 11.5. The number of rotatable bonds is 4. The molecule has 1 heterocycles. The number of carbonyl (C=O) groups excluding carboxylic acids is 3. The molecule has 2 saturated carbocycles. The van der Waals surface area contributed by atoms with Crippen LogP contribution >= 0.6 is 0 Å². The molecule has 0 amide bonds. The van der Waals surface area contributed by atoms with Gasteiger partial charge in [0.25, 0.3) is 0 Å². The minimum atomic E-state index is -0.573. The molecule has 3 fully saturated rings. The van der Waals surface area contributed by atoms with Gasteiger partial charge in [0.1, 0.15) is 12.2 Å². The molecule has 0 aromatic heterocycles. The maximum atomic E-state index is 11.7. The quantitative estimate of drug-likeness (QED) is 0.557. The Morgan fingerprint density at radius 2 is 2.10 bits per heavy atom. The molecule has 3 rings (SSSR count). The van der Waals surface area contributed by atoms with Gasteiger partial charge in [-0.05, 0) is 12.8 Å². The number of esters is 3. The summed E-state index contributed by atoms with van der Waals surface area (Å²) in [4.78, 5) is 34.6. The van der Waals surface area contributed by atoms with Crippen molar-refractivity contribution in [2.75, 3.05) is 6.61 Å².